The Bertz CT molecular complexity index is 563. The highest BCUT2D eigenvalue weighted by Crippen LogP contribution is 2.27. The molecule has 1 saturated carbocycles. The van der Waals surface area contributed by atoms with E-state index in [9.17, 15) is 0 Å². The van der Waals surface area contributed by atoms with E-state index in [1.807, 2.05) is 17.8 Å². The molecule has 5 heteroatoms. The SMILES string of the molecule is Cc1nn(Cc2ccn(C3CCCCC3)n2)cc1CN. The van der Waals surface area contributed by atoms with E-state index in [4.69, 9.17) is 10.8 Å². The van der Waals surface area contributed by atoms with Crippen LogP contribution in [-0.4, -0.2) is 19.6 Å². The van der Waals surface area contributed by atoms with Gasteiger partial charge in [-0.05, 0) is 25.8 Å². The van der Waals surface area contributed by atoms with Crippen molar-refractivity contribution < 1.29 is 0 Å². The highest BCUT2D eigenvalue weighted by Gasteiger charge is 2.16. The van der Waals surface area contributed by atoms with Crippen LogP contribution in [0, 0.1) is 6.92 Å². The van der Waals surface area contributed by atoms with Crippen LogP contribution in [0.4, 0.5) is 0 Å². The summed E-state index contributed by atoms with van der Waals surface area (Å²) in [6.45, 7) is 3.27. The number of hydrogen-bond donors (Lipinski definition) is 1. The number of rotatable bonds is 4. The fraction of sp³-hybridized carbons (Fsp3) is 0.600. The third-order valence-corrected chi connectivity index (χ3v) is 4.20. The van der Waals surface area contributed by atoms with E-state index in [1.54, 1.807) is 0 Å². The van der Waals surface area contributed by atoms with Crippen LogP contribution in [0.2, 0.25) is 0 Å². The Morgan fingerprint density at radius 1 is 1.25 bits per heavy atom. The molecule has 0 aliphatic heterocycles. The molecule has 1 fully saturated rings. The molecule has 108 valence electrons. The zero-order valence-corrected chi connectivity index (χ0v) is 12.1. The van der Waals surface area contributed by atoms with Gasteiger partial charge in [0.15, 0.2) is 0 Å². The molecule has 20 heavy (non-hydrogen) atoms. The Balaban J connectivity index is 1.69. The summed E-state index contributed by atoms with van der Waals surface area (Å²) >= 11 is 0. The van der Waals surface area contributed by atoms with Crippen LogP contribution in [0.25, 0.3) is 0 Å². The molecule has 5 nitrogen and oxygen atoms in total. The highest BCUT2D eigenvalue weighted by molar-refractivity contribution is 5.15. The second-order valence-electron chi connectivity index (χ2n) is 5.72. The summed E-state index contributed by atoms with van der Waals surface area (Å²) in [5, 5.41) is 9.20. The Morgan fingerprint density at radius 3 is 2.75 bits per heavy atom. The van der Waals surface area contributed by atoms with Gasteiger partial charge in [-0.3, -0.25) is 9.36 Å². The average Bonchev–Trinajstić information content (AvgIpc) is 3.07. The molecule has 2 heterocycles. The summed E-state index contributed by atoms with van der Waals surface area (Å²) in [5.41, 5.74) is 8.88. The molecule has 2 aromatic heterocycles. The number of nitrogens with zero attached hydrogens (tertiary/aromatic N) is 4. The van der Waals surface area contributed by atoms with Crippen molar-refractivity contribution in [2.75, 3.05) is 0 Å². The Morgan fingerprint density at radius 2 is 2.05 bits per heavy atom. The van der Waals surface area contributed by atoms with Crippen LogP contribution >= 0.6 is 0 Å². The highest BCUT2D eigenvalue weighted by atomic mass is 15.3. The molecule has 0 atom stereocenters. The molecule has 2 N–H and O–H groups in total. The van der Waals surface area contributed by atoms with Gasteiger partial charge >= 0.3 is 0 Å². The first-order valence-corrected chi connectivity index (χ1v) is 7.53. The summed E-state index contributed by atoms with van der Waals surface area (Å²) in [4.78, 5) is 0. The van der Waals surface area contributed by atoms with E-state index in [2.05, 4.69) is 22.0 Å². The van der Waals surface area contributed by atoms with E-state index in [1.165, 1.54) is 32.1 Å². The standard InChI is InChI=1S/C15H23N5/c1-12-13(9-16)10-19(17-12)11-14-7-8-20(18-14)15-5-3-2-4-6-15/h7-8,10,15H,2-6,9,11,16H2,1H3. The second kappa shape index (κ2) is 5.79. The summed E-state index contributed by atoms with van der Waals surface area (Å²) in [6, 6.07) is 2.70. The van der Waals surface area contributed by atoms with Gasteiger partial charge in [-0.2, -0.15) is 10.2 Å². The molecule has 0 amide bonds. The molecular weight excluding hydrogens is 250 g/mol. The summed E-state index contributed by atoms with van der Waals surface area (Å²) in [7, 11) is 0. The molecule has 2 aromatic rings. The molecule has 0 radical (unpaired) electrons. The summed E-state index contributed by atoms with van der Waals surface area (Å²) in [5.74, 6) is 0. The Hall–Kier alpha value is -1.62. The first-order valence-electron chi connectivity index (χ1n) is 7.53. The Kier molecular flexibility index (Phi) is 3.87. The van der Waals surface area contributed by atoms with Gasteiger partial charge in [0.1, 0.15) is 0 Å². The molecule has 0 saturated heterocycles. The zero-order chi connectivity index (χ0) is 13.9. The lowest BCUT2D eigenvalue weighted by atomic mass is 9.96. The van der Waals surface area contributed by atoms with E-state index in [-0.39, 0.29) is 0 Å². The predicted molar refractivity (Wildman–Crippen MR) is 78.3 cm³/mol. The van der Waals surface area contributed by atoms with Crippen LogP contribution in [0.15, 0.2) is 18.5 Å². The minimum Gasteiger partial charge on any atom is -0.326 e. The lowest BCUT2D eigenvalue weighted by Gasteiger charge is -2.21. The van der Waals surface area contributed by atoms with Crippen LogP contribution in [0.1, 0.15) is 55.1 Å². The summed E-state index contributed by atoms with van der Waals surface area (Å²) in [6.07, 6.45) is 10.7. The molecule has 0 spiro atoms. The van der Waals surface area contributed by atoms with Crippen molar-refractivity contribution in [2.24, 2.45) is 5.73 Å². The second-order valence-corrected chi connectivity index (χ2v) is 5.72. The molecular formula is C15H23N5. The lowest BCUT2D eigenvalue weighted by molar-refractivity contribution is 0.327. The maximum absolute atomic E-state index is 5.69. The molecule has 0 unspecified atom stereocenters. The summed E-state index contributed by atoms with van der Waals surface area (Å²) < 4.78 is 4.08. The third-order valence-electron chi connectivity index (χ3n) is 4.20. The van der Waals surface area contributed by atoms with Gasteiger partial charge in [-0.25, -0.2) is 0 Å². The van der Waals surface area contributed by atoms with Crippen LogP contribution in [0.3, 0.4) is 0 Å². The minimum atomic E-state index is 0.544. The van der Waals surface area contributed by atoms with E-state index in [0.717, 1.165) is 23.5 Å². The first-order chi connectivity index (χ1) is 9.76. The van der Waals surface area contributed by atoms with Crippen LogP contribution in [0.5, 0.6) is 0 Å². The van der Waals surface area contributed by atoms with E-state index >= 15 is 0 Å². The fourth-order valence-electron chi connectivity index (χ4n) is 3.02. The normalized spacial score (nSPS) is 16.7. The van der Waals surface area contributed by atoms with Gasteiger partial charge in [0.25, 0.3) is 0 Å². The number of nitrogens with two attached hydrogens (primary N) is 1. The number of hydrogen-bond acceptors (Lipinski definition) is 3. The van der Waals surface area contributed by atoms with Crippen molar-refractivity contribution in [1.82, 2.24) is 19.6 Å². The van der Waals surface area contributed by atoms with Gasteiger partial charge in [0.05, 0.1) is 24.0 Å². The van der Waals surface area contributed by atoms with Crippen molar-refractivity contribution in [3.63, 3.8) is 0 Å². The lowest BCUT2D eigenvalue weighted by Crippen LogP contribution is -2.13. The van der Waals surface area contributed by atoms with Crippen molar-refractivity contribution >= 4 is 0 Å². The minimum absolute atomic E-state index is 0.544. The van der Waals surface area contributed by atoms with Gasteiger partial charge in [-0.1, -0.05) is 19.3 Å². The zero-order valence-electron chi connectivity index (χ0n) is 12.1. The molecule has 1 aliphatic carbocycles. The van der Waals surface area contributed by atoms with Crippen LogP contribution in [-0.2, 0) is 13.1 Å². The molecule has 0 bridgehead atoms. The van der Waals surface area contributed by atoms with Crippen molar-refractivity contribution in [3.05, 3.63) is 35.4 Å². The topological polar surface area (TPSA) is 61.7 Å². The fourth-order valence-corrected chi connectivity index (χ4v) is 3.02. The Labute approximate surface area is 119 Å². The average molecular weight is 273 g/mol. The number of aromatic nitrogens is 4. The van der Waals surface area contributed by atoms with Crippen LogP contribution < -0.4 is 5.73 Å². The molecule has 3 rings (SSSR count). The van der Waals surface area contributed by atoms with Crippen molar-refractivity contribution in [3.8, 4) is 0 Å². The van der Waals surface area contributed by atoms with Crippen molar-refractivity contribution in [2.45, 2.75) is 58.2 Å². The smallest absolute Gasteiger partial charge is 0.0850 e. The van der Waals surface area contributed by atoms with Gasteiger partial charge in [0.2, 0.25) is 0 Å². The number of aryl methyl sites for hydroxylation is 1. The molecule has 1 aliphatic rings. The van der Waals surface area contributed by atoms with Crippen molar-refractivity contribution in [1.29, 1.82) is 0 Å². The van der Waals surface area contributed by atoms with Gasteiger partial charge < -0.3 is 5.73 Å². The third kappa shape index (κ3) is 2.77. The maximum Gasteiger partial charge on any atom is 0.0850 e. The van der Waals surface area contributed by atoms with Gasteiger partial charge in [0, 0.05) is 24.5 Å². The first kappa shape index (κ1) is 13.4. The van der Waals surface area contributed by atoms with E-state index in [0.29, 0.717) is 12.6 Å². The largest absolute Gasteiger partial charge is 0.326 e. The monoisotopic (exact) mass is 273 g/mol. The quantitative estimate of drug-likeness (QED) is 0.930. The van der Waals surface area contributed by atoms with E-state index < -0.39 is 0 Å². The maximum atomic E-state index is 5.69. The van der Waals surface area contributed by atoms with Gasteiger partial charge in [-0.15, -0.1) is 0 Å². The molecule has 0 aromatic carbocycles. The predicted octanol–water partition coefficient (Wildman–Crippen LogP) is 2.40.